The summed E-state index contributed by atoms with van der Waals surface area (Å²) in [5.74, 6) is 0.958. The average molecular weight is 307 g/mol. The Hall–Kier alpha value is -1.13. The van der Waals surface area contributed by atoms with Gasteiger partial charge in [0.2, 0.25) is 0 Å². The molecule has 3 rings (SSSR count). The molecule has 1 aromatic heterocycles. The number of halogens is 1. The van der Waals surface area contributed by atoms with E-state index in [1.165, 1.54) is 5.56 Å². The topological polar surface area (TPSA) is 38.1 Å². The van der Waals surface area contributed by atoms with E-state index in [4.69, 9.17) is 0 Å². The molecule has 0 fully saturated rings. The zero-order valence-corrected chi connectivity index (χ0v) is 11.6. The van der Waals surface area contributed by atoms with E-state index < -0.39 is 6.23 Å². The summed E-state index contributed by atoms with van der Waals surface area (Å²) in [5.41, 5.74) is 2.37. The van der Waals surface area contributed by atoms with Crippen LogP contribution >= 0.6 is 15.9 Å². The molecular weight excluding hydrogens is 292 g/mol. The van der Waals surface area contributed by atoms with E-state index in [9.17, 15) is 5.11 Å². The molecule has 0 amide bonds. The largest absolute Gasteiger partial charge is 0.373 e. The molecule has 3 nitrogen and oxygen atoms in total. The first-order valence-corrected chi connectivity index (χ1v) is 7.01. The third-order valence-electron chi connectivity index (χ3n) is 3.42. The van der Waals surface area contributed by atoms with Crippen LogP contribution in [0.15, 0.2) is 34.9 Å². The van der Waals surface area contributed by atoms with Gasteiger partial charge in [0.05, 0.1) is 0 Å². The molecule has 4 heteroatoms. The van der Waals surface area contributed by atoms with Crippen molar-refractivity contribution in [2.24, 2.45) is 0 Å². The van der Waals surface area contributed by atoms with Crippen molar-refractivity contribution in [2.45, 2.75) is 31.9 Å². The minimum Gasteiger partial charge on any atom is -0.373 e. The highest BCUT2D eigenvalue weighted by Crippen LogP contribution is 2.25. The summed E-state index contributed by atoms with van der Waals surface area (Å²) >= 11 is 3.43. The highest BCUT2D eigenvalue weighted by Gasteiger charge is 2.20. The molecule has 0 saturated heterocycles. The van der Waals surface area contributed by atoms with E-state index >= 15 is 0 Å². The Morgan fingerprint density at radius 1 is 1.33 bits per heavy atom. The second-order valence-electron chi connectivity index (χ2n) is 4.71. The van der Waals surface area contributed by atoms with Gasteiger partial charge >= 0.3 is 0 Å². The number of rotatable bonds is 2. The smallest absolute Gasteiger partial charge is 0.132 e. The lowest BCUT2D eigenvalue weighted by Gasteiger charge is -2.22. The predicted octanol–water partition coefficient (Wildman–Crippen LogP) is 3.06. The van der Waals surface area contributed by atoms with Gasteiger partial charge in [0.25, 0.3) is 0 Å². The van der Waals surface area contributed by atoms with Gasteiger partial charge in [-0.2, -0.15) is 0 Å². The van der Waals surface area contributed by atoms with Crippen LogP contribution in [0.5, 0.6) is 0 Å². The fourth-order valence-electron chi connectivity index (χ4n) is 2.50. The van der Waals surface area contributed by atoms with Crippen LogP contribution in [0.4, 0.5) is 0 Å². The molecule has 0 bridgehead atoms. The number of aromatic nitrogens is 2. The fraction of sp³-hybridized carbons (Fsp3) is 0.357. The molecule has 1 aliphatic rings. The molecule has 1 unspecified atom stereocenters. The van der Waals surface area contributed by atoms with E-state index in [0.29, 0.717) is 0 Å². The summed E-state index contributed by atoms with van der Waals surface area (Å²) in [5, 5.41) is 10.1. The first kappa shape index (κ1) is 11.9. The molecule has 94 valence electrons. The highest BCUT2D eigenvalue weighted by atomic mass is 79.9. The van der Waals surface area contributed by atoms with Crippen molar-refractivity contribution < 1.29 is 5.11 Å². The molecule has 0 saturated carbocycles. The lowest BCUT2D eigenvalue weighted by Crippen LogP contribution is -2.19. The third kappa shape index (κ3) is 2.22. The van der Waals surface area contributed by atoms with Gasteiger partial charge in [-0.3, -0.25) is 0 Å². The van der Waals surface area contributed by atoms with Crippen molar-refractivity contribution in [1.29, 1.82) is 0 Å². The molecule has 1 aliphatic heterocycles. The van der Waals surface area contributed by atoms with Crippen molar-refractivity contribution >= 4 is 15.9 Å². The summed E-state index contributed by atoms with van der Waals surface area (Å²) in [6, 6.07) is 8.24. The molecule has 18 heavy (non-hydrogen) atoms. The number of fused-ring (bicyclic) bond motifs is 1. The maximum absolute atomic E-state index is 10.1. The highest BCUT2D eigenvalue weighted by molar-refractivity contribution is 9.10. The Labute approximate surface area is 115 Å². The van der Waals surface area contributed by atoms with E-state index in [1.54, 1.807) is 0 Å². The van der Waals surface area contributed by atoms with Gasteiger partial charge in [0, 0.05) is 22.8 Å². The van der Waals surface area contributed by atoms with E-state index in [0.717, 1.165) is 41.7 Å². The Balaban J connectivity index is 1.89. The standard InChI is InChI=1S/C14H15BrN2O/c15-11-6-4-10(5-7-11)8-13-16-9-12-2-1-3-14(18)17(12)13/h4-7,9,14,18H,1-3,8H2. The zero-order chi connectivity index (χ0) is 12.5. The number of imidazole rings is 1. The molecule has 2 heterocycles. The molecule has 0 spiro atoms. The van der Waals surface area contributed by atoms with E-state index in [-0.39, 0.29) is 0 Å². The van der Waals surface area contributed by atoms with Crippen LogP contribution in [0, 0.1) is 0 Å². The van der Waals surface area contributed by atoms with Crippen LogP contribution in [-0.2, 0) is 12.8 Å². The van der Waals surface area contributed by atoms with Crippen LogP contribution in [-0.4, -0.2) is 14.7 Å². The lowest BCUT2D eigenvalue weighted by molar-refractivity contribution is 0.0762. The van der Waals surface area contributed by atoms with E-state index in [1.807, 2.05) is 22.9 Å². The Morgan fingerprint density at radius 3 is 2.89 bits per heavy atom. The Kier molecular flexibility index (Phi) is 3.22. The first-order chi connectivity index (χ1) is 8.74. The molecule has 2 aromatic rings. The second-order valence-corrected chi connectivity index (χ2v) is 5.63. The van der Waals surface area contributed by atoms with Crippen molar-refractivity contribution in [3.8, 4) is 0 Å². The van der Waals surface area contributed by atoms with Crippen LogP contribution < -0.4 is 0 Å². The molecule has 0 aliphatic carbocycles. The molecular formula is C14H15BrN2O. The van der Waals surface area contributed by atoms with Gasteiger partial charge in [-0.15, -0.1) is 0 Å². The maximum Gasteiger partial charge on any atom is 0.132 e. The number of hydrogen-bond acceptors (Lipinski definition) is 2. The number of aliphatic hydroxyl groups excluding tert-OH is 1. The molecule has 1 N–H and O–H groups in total. The van der Waals surface area contributed by atoms with Crippen LogP contribution in [0.1, 0.15) is 36.2 Å². The van der Waals surface area contributed by atoms with Gasteiger partial charge in [-0.05, 0) is 37.0 Å². The minimum absolute atomic E-state index is 0.401. The second kappa shape index (κ2) is 4.86. The van der Waals surface area contributed by atoms with Crippen LogP contribution in [0.3, 0.4) is 0 Å². The van der Waals surface area contributed by atoms with Gasteiger partial charge in [-0.25, -0.2) is 4.98 Å². The number of hydrogen-bond donors (Lipinski definition) is 1. The Morgan fingerprint density at radius 2 is 2.11 bits per heavy atom. The quantitative estimate of drug-likeness (QED) is 0.926. The molecule has 0 radical (unpaired) electrons. The fourth-order valence-corrected chi connectivity index (χ4v) is 2.76. The number of benzene rings is 1. The van der Waals surface area contributed by atoms with Gasteiger partial charge in [0.1, 0.15) is 12.1 Å². The summed E-state index contributed by atoms with van der Waals surface area (Å²) in [7, 11) is 0. The number of aliphatic hydroxyl groups is 1. The van der Waals surface area contributed by atoms with Crippen molar-refractivity contribution in [3.63, 3.8) is 0 Å². The summed E-state index contributed by atoms with van der Waals surface area (Å²) in [6.07, 6.45) is 5.16. The SMILES string of the molecule is OC1CCCc2cnc(Cc3ccc(Br)cc3)n21. The normalized spacial score (nSPS) is 18.7. The van der Waals surface area contributed by atoms with Crippen molar-refractivity contribution in [2.75, 3.05) is 0 Å². The van der Waals surface area contributed by atoms with Gasteiger partial charge in [0.15, 0.2) is 0 Å². The maximum atomic E-state index is 10.1. The first-order valence-electron chi connectivity index (χ1n) is 6.21. The van der Waals surface area contributed by atoms with Crippen molar-refractivity contribution in [3.05, 3.63) is 52.0 Å². The molecule has 1 atom stereocenters. The zero-order valence-electron chi connectivity index (χ0n) is 10.0. The summed E-state index contributed by atoms with van der Waals surface area (Å²) < 4.78 is 3.07. The monoisotopic (exact) mass is 306 g/mol. The third-order valence-corrected chi connectivity index (χ3v) is 3.95. The van der Waals surface area contributed by atoms with Crippen LogP contribution in [0.25, 0.3) is 0 Å². The van der Waals surface area contributed by atoms with E-state index in [2.05, 4.69) is 33.0 Å². The molecule has 1 aromatic carbocycles. The lowest BCUT2D eigenvalue weighted by atomic mass is 10.1. The average Bonchev–Trinajstić information content (AvgIpc) is 2.77. The Bertz CT molecular complexity index is 547. The number of nitrogens with zero attached hydrogens (tertiary/aromatic N) is 2. The van der Waals surface area contributed by atoms with Crippen LogP contribution in [0.2, 0.25) is 0 Å². The summed E-state index contributed by atoms with van der Waals surface area (Å²) in [4.78, 5) is 4.46. The summed E-state index contributed by atoms with van der Waals surface area (Å²) in [6.45, 7) is 0. The predicted molar refractivity (Wildman–Crippen MR) is 73.4 cm³/mol. The number of aryl methyl sites for hydroxylation is 1. The minimum atomic E-state index is -0.401. The van der Waals surface area contributed by atoms with Gasteiger partial charge < -0.3 is 9.67 Å². The van der Waals surface area contributed by atoms with Gasteiger partial charge in [-0.1, -0.05) is 28.1 Å². The van der Waals surface area contributed by atoms with Crippen molar-refractivity contribution in [1.82, 2.24) is 9.55 Å².